The predicted molar refractivity (Wildman–Crippen MR) is 81.8 cm³/mol. The van der Waals surface area contributed by atoms with Gasteiger partial charge in [0.2, 0.25) is 11.8 Å². The standard InChI is InChI=1S/C15H27N3O4/c1-17-12(9-13(19)22-2)15(21)18-11(14(16)20)8-10-6-4-3-5-7-10/h10-12,17H,3-9H2,1-2H3,(H2,16,20)(H,18,21)/t11-,12-/m0/s1. The summed E-state index contributed by atoms with van der Waals surface area (Å²) in [5.41, 5.74) is 5.41. The highest BCUT2D eigenvalue weighted by Gasteiger charge is 2.28. The number of nitrogens with two attached hydrogens (primary N) is 1. The molecular formula is C15H27N3O4. The fourth-order valence-corrected chi connectivity index (χ4v) is 2.85. The number of likely N-dealkylation sites (N-methyl/N-ethyl adjacent to an activating group) is 1. The number of carbonyl (C=O) groups is 3. The van der Waals surface area contributed by atoms with Crippen LogP contribution in [0.15, 0.2) is 0 Å². The van der Waals surface area contributed by atoms with Crippen molar-refractivity contribution in [3.63, 3.8) is 0 Å². The highest BCUT2D eigenvalue weighted by Crippen LogP contribution is 2.27. The van der Waals surface area contributed by atoms with Crippen molar-refractivity contribution >= 4 is 17.8 Å². The molecule has 0 spiro atoms. The molecular weight excluding hydrogens is 286 g/mol. The lowest BCUT2D eigenvalue weighted by Crippen LogP contribution is -2.52. The van der Waals surface area contributed by atoms with Gasteiger partial charge in [-0.15, -0.1) is 0 Å². The second kappa shape index (κ2) is 9.40. The summed E-state index contributed by atoms with van der Waals surface area (Å²) >= 11 is 0. The van der Waals surface area contributed by atoms with Crippen molar-refractivity contribution in [1.29, 1.82) is 0 Å². The zero-order valence-electron chi connectivity index (χ0n) is 13.4. The maximum Gasteiger partial charge on any atom is 0.307 e. The van der Waals surface area contributed by atoms with Crippen molar-refractivity contribution in [2.45, 2.75) is 57.0 Å². The van der Waals surface area contributed by atoms with E-state index in [4.69, 9.17) is 5.73 Å². The van der Waals surface area contributed by atoms with Crippen molar-refractivity contribution in [3.05, 3.63) is 0 Å². The third kappa shape index (κ3) is 6.01. The second-order valence-electron chi connectivity index (χ2n) is 5.82. The van der Waals surface area contributed by atoms with Gasteiger partial charge in [0.25, 0.3) is 0 Å². The molecule has 2 atom stereocenters. The molecule has 0 radical (unpaired) electrons. The minimum Gasteiger partial charge on any atom is -0.469 e. The van der Waals surface area contributed by atoms with Crippen molar-refractivity contribution in [2.24, 2.45) is 11.7 Å². The Hall–Kier alpha value is -1.63. The summed E-state index contributed by atoms with van der Waals surface area (Å²) in [6.45, 7) is 0. The highest BCUT2D eigenvalue weighted by atomic mass is 16.5. The van der Waals surface area contributed by atoms with Gasteiger partial charge < -0.3 is 21.1 Å². The number of amides is 2. The number of hydrogen-bond acceptors (Lipinski definition) is 5. The molecule has 0 aromatic carbocycles. The van der Waals surface area contributed by atoms with Crippen LogP contribution < -0.4 is 16.4 Å². The van der Waals surface area contributed by atoms with Crippen LogP contribution in [0.3, 0.4) is 0 Å². The van der Waals surface area contributed by atoms with Gasteiger partial charge >= 0.3 is 5.97 Å². The van der Waals surface area contributed by atoms with E-state index in [1.165, 1.54) is 13.5 Å². The van der Waals surface area contributed by atoms with E-state index in [1.807, 2.05) is 0 Å². The number of nitrogens with one attached hydrogen (secondary N) is 2. The topological polar surface area (TPSA) is 111 Å². The Morgan fingerprint density at radius 1 is 1.18 bits per heavy atom. The van der Waals surface area contributed by atoms with Crippen LogP contribution in [-0.4, -0.2) is 44.0 Å². The molecule has 1 aliphatic carbocycles. The van der Waals surface area contributed by atoms with Crippen LogP contribution in [0.5, 0.6) is 0 Å². The lowest BCUT2D eigenvalue weighted by molar-refractivity contribution is -0.143. The molecule has 2 amide bonds. The molecule has 0 bridgehead atoms. The zero-order valence-corrected chi connectivity index (χ0v) is 13.4. The Labute approximate surface area is 131 Å². The van der Waals surface area contributed by atoms with E-state index in [1.54, 1.807) is 7.05 Å². The number of ether oxygens (including phenoxy) is 1. The van der Waals surface area contributed by atoms with Gasteiger partial charge in [0, 0.05) is 0 Å². The average molecular weight is 313 g/mol. The average Bonchev–Trinajstić information content (AvgIpc) is 2.52. The van der Waals surface area contributed by atoms with Gasteiger partial charge in [-0.2, -0.15) is 0 Å². The molecule has 22 heavy (non-hydrogen) atoms. The molecule has 1 saturated carbocycles. The third-order valence-electron chi connectivity index (χ3n) is 4.22. The number of rotatable bonds is 8. The van der Waals surface area contributed by atoms with E-state index in [2.05, 4.69) is 15.4 Å². The molecule has 1 aliphatic rings. The van der Waals surface area contributed by atoms with E-state index in [-0.39, 0.29) is 6.42 Å². The number of primary amides is 1. The van der Waals surface area contributed by atoms with Gasteiger partial charge in [0.05, 0.1) is 19.6 Å². The number of esters is 1. The van der Waals surface area contributed by atoms with Crippen LogP contribution in [0.1, 0.15) is 44.9 Å². The van der Waals surface area contributed by atoms with Crippen LogP contribution in [0.25, 0.3) is 0 Å². The summed E-state index contributed by atoms with van der Waals surface area (Å²) in [7, 11) is 2.84. The number of methoxy groups -OCH3 is 1. The molecule has 7 nitrogen and oxygen atoms in total. The lowest BCUT2D eigenvalue weighted by Gasteiger charge is -2.26. The van der Waals surface area contributed by atoms with Gasteiger partial charge in [-0.3, -0.25) is 14.4 Å². The fraction of sp³-hybridized carbons (Fsp3) is 0.800. The summed E-state index contributed by atoms with van der Waals surface area (Å²) in [6.07, 6.45) is 6.15. The summed E-state index contributed by atoms with van der Waals surface area (Å²) in [5.74, 6) is -1.02. The molecule has 4 N–H and O–H groups in total. The molecule has 126 valence electrons. The first-order chi connectivity index (χ1) is 10.5. The van der Waals surface area contributed by atoms with Gasteiger partial charge in [0.15, 0.2) is 0 Å². The molecule has 0 aromatic heterocycles. The van der Waals surface area contributed by atoms with Crippen molar-refractivity contribution < 1.29 is 19.1 Å². The first kappa shape index (κ1) is 18.4. The maximum absolute atomic E-state index is 12.2. The van der Waals surface area contributed by atoms with E-state index >= 15 is 0 Å². The van der Waals surface area contributed by atoms with Crippen LogP contribution in [0.4, 0.5) is 0 Å². The third-order valence-corrected chi connectivity index (χ3v) is 4.22. The van der Waals surface area contributed by atoms with E-state index in [0.717, 1.165) is 25.7 Å². The van der Waals surface area contributed by atoms with Crippen molar-refractivity contribution in [1.82, 2.24) is 10.6 Å². The molecule has 1 rings (SSSR count). The second-order valence-corrected chi connectivity index (χ2v) is 5.82. The zero-order chi connectivity index (χ0) is 16.5. The summed E-state index contributed by atoms with van der Waals surface area (Å²) in [4.78, 5) is 35.1. The monoisotopic (exact) mass is 313 g/mol. The summed E-state index contributed by atoms with van der Waals surface area (Å²) in [6, 6.07) is -1.43. The summed E-state index contributed by atoms with van der Waals surface area (Å²) in [5, 5.41) is 5.41. The van der Waals surface area contributed by atoms with E-state index in [0.29, 0.717) is 12.3 Å². The van der Waals surface area contributed by atoms with E-state index in [9.17, 15) is 14.4 Å². The van der Waals surface area contributed by atoms with Crippen molar-refractivity contribution in [2.75, 3.05) is 14.2 Å². The first-order valence-corrected chi connectivity index (χ1v) is 7.81. The van der Waals surface area contributed by atoms with Gasteiger partial charge in [0.1, 0.15) is 6.04 Å². The minimum absolute atomic E-state index is 0.0895. The quantitative estimate of drug-likeness (QED) is 0.550. The molecule has 0 aromatic rings. The van der Waals surface area contributed by atoms with Crippen molar-refractivity contribution in [3.8, 4) is 0 Å². The number of carbonyl (C=O) groups excluding carboxylic acids is 3. The normalized spacial score (nSPS) is 18.3. The fourth-order valence-electron chi connectivity index (χ4n) is 2.85. The molecule has 0 saturated heterocycles. The van der Waals surface area contributed by atoms with Crippen LogP contribution in [0.2, 0.25) is 0 Å². The predicted octanol–water partition coefficient (Wildman–Crippen LogP) is 0.0780. The Bertz CT molecular complexity index is 394. The Morgan fingerprint density at radius 3 is 2.32 bits per heavy atom. The molecule has 7 heteroatoms. The Morgan fingerprint density at radius 2 is 1.82 bits per heavy atom. The molecule has 0 unspecified atom stereocenters. The number of hydrogen-bond donors (Lipinski definition) is 3. The van der Waals surface area contributed by atoms with Gasteiger partial charge in [-0.1, -0.05) is 32.1 Å². The molecule has 0 heterocycles. The molecule has 0 aliphatic heterocycles. The van der Waals surface area contributed by atoms with Crippen LogP contribution in [-0.2, 0) is 19.1 Å². The van der Waals surface area contributed by atoms with Gasteiger partial charge in [-0.05, 0) is 19.4 Å². The largest absolute Gasteiger partial charge is 0.469 e. The molecule has 1 fully saturated rings. The maximum atomic E-state index is 12.2. The Kier molecular flexibility index (Phi) is 7.87. The van der Waals surface area contributed by atoms with Crippen LogP contribution >= 0.6 is 0 Å². The first-order valence-electron chi connectivity index (χ1n) is 7.81. The van der Waals surface area contributed by atoms with Crippen LogP contribution in [0, 0.1) is 5.92 Å². The SMILES string of the molecule is CN[C@@H](CC(=O)OC)C(=O)N[C@@H](CC1CCCCC1)C(N)=O. The Balaban J connectivity index is 2.58. The minimum atomic E-state index is -0.736. The summed E-state index contributed by atoms with van der Waals surface area (Å²) < 4.78 is 4.56. The lowest BCUT2D eigenvalue weighted by atomic mass is 9.84. The highest BCUT2D eigenvalue weighted by molar-refractivity contribution is 5.91. The van der Waals surface area contributed by atoms with E-state index < -0.39 is 29.9 Å². The smallest absolute Gasteiger partial charge is 0.307 e. The van der Waals surface area contributed by atoms with Gasteiger partial charge in [-0.25, -0.2) is 0 Å².